The van der Waals surface area contributed by atoms with Crippen molar-refractivity contribution in [2.75, 3.05) is 21.3 Å². The summed E-state index contributed by atoms with van der Waals surface area (Å²) in [5, 5.41) is 0. The monoisotopic (exact) mass is 222 g/mol. The lowest BCUT2D eigenvalue weighted by molar-refractivity contribution is -0.134. The van der Waals surface area contributed by atoms with Gasteiger partial charge in [-0.3, -0.25) is 0 Å². The van der Waals surface area contributed by atoms with E-state index in [0.29, 0.717) is 11.5 Å². The molecule has 0 amide bonds. The van der Waals surface area contributed by atoms with E-state index in [9.17, 15) is 4.79 Å². The quantitative estimate of drug-likeness (QED) is 0.576. The summed E-state index contributed by atoms with van der Waals surface area (Å²) in [5.41, 5.74) is 0.757. The van der Waals surface area contributed by atoms with Crippen LogP contribution < -0.4 is 9.47 Å². The Balaban J connectivity index is 3.04. The number of hydrogen-bond donors (Lipinski definition) is 0. The topological polar surface area (TPSA) is 44.8 Å². The fourth-order valence-electron chi connectivity index (χ4n) is 1.27. The SMILES string of the molecule is COC(=O)/C=C/c1cccc(OC)c1OC. The maximum Gasteiger partial charge on any atom is 0.330 e. The second-order valence-electron chi connectivity index (χ2n) is 2.94. The molecule has 1 rings (SSSR count). The second-order valence-corrected chi connectivity index (χ2v) is 2.94. The lowest BCUT2D eigenvalue weighted by atomic mass is 10.1. The number of carbonyl (C=O) groups is 1. The van der Waals surface area contributed by atoms with Crippen molar-refractivity contribution in [2.24, 2.45) is 0 Å². The number of ether oxygens (including phenoxy) is 3. The van der Waals surface area contributed by atoms with Crippen LogP contribution in [0.1, 0.15) is 5.56 Å². The number of hydrogen-bond acceptors (Lipinski definition) is 4. The van der Waals surface area contributed by atoms with Crippen molar-refractivity contribution >= 4 is 12.0 Å². The maximum atomic E-state index is 11.0. The molecular weight excluding hydrogens is 208 g/mol. The van der Waals surface area contributed by atoms with Gasteiger partial charge in [0.2, 0.25) is 0 Å². The van der Waals surface area contributed by atoms with Crippen molar-refractivity contribution < 1.29 is 19.0 Å². The predicted octanol–water partition coefficient (Wildman–Crippen LogP) is 1.89. The van der Waals surface area contributed by atoms with E-state index in [1.165, 1.54) is 13.2 Å². The van der Waals surface area contributed by atoms with Crippen LogP contribution in [-0.2, 0) is 9.53 Å². The van der Waals surface area contributed by atoms with E-state index in [2.05, 4.69) is 4.74 Å². The van der Waals surface area contributed by atoms with E-state index in [4.69, 9.17) is 9.47 Å². The molecule has 1 aromatic rings. The molecule has 4 heteroatoms. The van der Waals surface area contributed by atoms with Gasteiger partial charge in [0.25, 0.3) is 0 Å². The number of para-hydroxylation sites is 1. The molecule has 0 bridgehead atoms. The number of esters is 1. The molecular formula is C12H14O4. The molecule has 0 aromatic heterocycles. The Bertz CT molecular complexity index is 396. The van der Waals surface area contributed by atoms with Crippen molar-refractivity contribution in [1.82, 2.24) is 0 Å². The molecule has 4 nitrogen and oxygen atoms in total. The van der Waals surface area contributed by atoms with Crippen LogP contribution in [0.2, 0.25) is 0 Å². The van der Waals surface area contributed by atoms with Gasteiger partial charge in [0, 0.05) is 11.6 Å². The third kappa shape index (κ3) is 2.76. The summed E-state index contributed by atoms with van der Waals surface area (Å²) < 4.78 is 14.8. The zero-order chi connectivity index (χ0) is 12.0. The number of carbonyl (C=O) groups excluding carboxylic acids is 1. The first-order chi connectivity index (χ1) is 7.72. The van der Waals surface area contributed by atoms with Crippen LogP contribution in [0.25, 0.3) is 6.08 Å². The third-order valence-electron chi connectivity index (χ3n) is 2.03. The molecule has 0 heterocycles. The van der Waals surface area contributed by atoms with Gasteiger partial charge in [0.1, 0.15) is 0 Å². The van der Waals surface area contributed by atoms with Gasteiger partial charge in [-0.05, 0) is 12.1 Å². The molecule has 0 saturated heterocycles. The largest absolute Gasteiger partial charge is 0.493 e. The normalized spacial score (nSPS) is 10.2. The molecule has 0 fully saturated rings. The van der Waals surface area contributed by atoms with Crippen LogP contribution in [-0.4, -0.2) is 27.3 Å². The van der Waals surface area contributed by atoms with Gasteiger partial charge in [0.05, 0.1) is 21.3 Å². The highest BCUT2D eigenvalue weighted by atomic mass is 16.5. The van der Waals surface area contributed by atoms with Crippen LogP contribution >= 0.6 is 0 Å². The summed E-state index contributed by atoms with van der Waals surface area (Å²) in [6.45, 7) is 0. The van der Waals surface area contributed by atoms with Gasteiger partial charge < -0.3 is 14.2 Å². The molecule has 1 aromatic carbocycles. The molecule has 0 aliphatic rings. The fraction of sp³-hybridized carbons (Fsp3) is 0.250. The average Bonchev–Trinajstić information content (AvgIpc) is 2.34. The van der Waals surface area contributed by atoms with Gasteiger partial charge in [-0.15, -0.1) is 0 Å². The first-order valence-corrected chi connectivity index (χ1v) is 4.70. The summed E-state index contributed by atoms with van der Waals surface area (Å²) in [5.74, 6) is 0.796. The molecule has 0 unspecified atom stereocenters. The Kier molecular flexibility index (Phi) is 4.39. The van der Waals surface area contributed by atoms with E-state index in [-0.39, 0.29) is 0 Å². The minimum absolute atomic E-state index is 0.412. The molecule has 0 saturated carbocycles. The van der Waals surface area contributed by atoms with Crippen molar-refractivity contribution in [3.8, 4) is 11.5 Å². The van der Waals surface area contributed by atoms with E-state index >= 15 is 0 Å². The smallest absolute Gasteiger partial charge is 0.330 e. The molecule has 0 N–H and O–H groups in total. The Hall–Kier alpha value is -1.97. The number of benzene rings is 1. The molecule has 0 aliphatic heterocycles. The van der Waals surface area contributed by atoms with Crippen LogP contribution in [0.4, 0.5) is 0 Å². The molecule has 86 valence electrons. The zero-order valence-electron chi connectivity index (χ0n) is 9.52. The molecule has 0 radical (unpaired) electrons. The fourth-order valence-corrected chi connectivity index (χ4v) is 1.27. The summed E-state index contributed by atoms with van der Waals surface area (Å²) in [6, 6.07) is 5.42. The lowest BCUT2D eigenvalue weighted by Crippen LogP contribution is -1.95. The zero-order valence-corrected chi connectivity index (χ0v) is 9.52. The van der Waals surface area contributed by atoms with Gasteiger partial charge in [-0.2, -0.15) is 0 Å². The standard InChI is InChI=1S/C12H14O4/c1-14-10-6-4-5-9(12(10)16-3)7-8-11(13)15-2/h4-8H,1-3H3/b8-7+. The van der Waals surface area contributed by atoms with Crippen LogP contribution in [0, 0.1) is 0 Å². The Labute approximate surface area is 94.4 Å². The van der Waals surface area contributed by atoms with Gasteiger partial charge in [-0.25, -0.2) is 4.79 Å². The average molecular weight is 222 g/mol. The number of methoxy groups -OCH3 is 3. The lowest BCUT2D eigenvalue weighted by Gasteiger charge is -2.09. The van der Waals surface area contributed by atoms with Crippen LogP contribution in [0.15, 0.2) is 24.3 Å². The Morgan fingerprint density at radius 1 is 1.19 bits per heavy atom. The highest BCUT2D eigenvalue weighted by Crippen LogP contribution is 2.31. The third-order valence-corrected chi connectivity index (χ3v) is 2.03. The van der Waals surface area contributed by atoms with Crippen LogP contribution in [0.5, 0.6) is 11.5 Å². The highest BCUT2D eigenvalue weighted by Gasteiger charge is 2.06. The Morgan fingerprint density at radius 3 is 2.50 bits per heavy atom. The summed E-state index contributed by atoms with van der Waals surface area (Å²) in [6.07, 6.45) is 2.95. The second kappa shape index (κ2) is 5.80. The van der Waals surface area contributed by atoms with Gasteiger partial charge >= 0.3 is 5.97 Å². The maximum absolute atomic E-state index is 11.0. The molecule has 0 aliphatic carbocycles. The van der Waals surface area contributed by atoms with Crippen molar-refractivity contribution in [3.63, 3.8) is 0 Å². The predicted molar refractivity (Wildman–Crippen MR) is 60.6 cm³/mol. The van der Waals surface area contributed by atoms with Gasteiger partial charge in [-0.1, -0.05) is 12.1 Å². The van der Waals surface area contributed by atoms with E-state index < -0.39 is 5.97 Å². The summed E-state index contributed by atoms with van der Waals surface area (Å²) in [7, 11) is 4.44. The van der Waals surface area contributed by atoms with Crippen molar-refractivity contribution in [2.45, 2.75) is 0 Å². The summed E-state index contributed by atoms with van der Waals surface area (Å²) >= 11 is 0. The summed E-state index contributed by atoms with van der Waals surface area (Å²) in [4.78, 5) is 11.0. The molecule has 0 spiro atoms. The first-order valence-electron chi connectivity index (χ1n) is 4.70. The van der Waals surface area contributed by atoms with Crippen molar-refractivity contribution in [1.29, 1.82) is 0 Å². The first kappa shape index (κ1) is 12.1. The van der Waals surface area contributed by atoms with Crippen molar-refractivity contribution in [3.05, 3.63) is 29.8 Å². The minimum Gasteiger partial charge on any atom is -0.493 e. The molecule has 16 heavy (non-hydrogen) atoms. The van der Waals surface area contributed by atoms with Crippen LogP contribution in [0.3, 0.4) is 0 Å². The van der Waals surface area contributed by atoms with E-state index in [0.717, 1.165) is 5.56 Å². The van der Waals surface area contributed by atoms with Gasteiger partial charge in [0.15, 0.2) is 11.5 Å². The number of rotatable bonds is 4. The van der Waals surface area contributed by atoms with E-state index in [1.807, 2.05) is 12.1 Å². The Morgan fingerprint density at radius 2 is 1.94 bits per heavy atom. The minimum atomic E-state index is -0.412. The van der Waals surface area contributed by atoms with E-state index in [1.54, 1.807) is 26.4 Å². The highest BCUT2D eigenvalue weighted by molar-refractivity contribution is 5.87. The molecule has 0 atom stereocenters.